The van der Waals surface area contributed by atoms with Crippen LogP contribution in [0.5, 0.6) is 0 Å². The maximum Gasteiger partial charge on any atom is 0.202 e. The quantitative estimate of drug-likeness (QED) is 0.757. The molecule has 0 saturated carbocycles. The standard InChI is InChI=1S/C11H7BrOS/c12-10-7-6-9(14-10)11(13)8-4-2-1-3-5-8/h1-7H. The Bertz CT molecular complexity index is 447. The molecule has 2 aromatic rings. The van der Waals surface area contributed by atoms with Gasteiger partial charge >= 0.3 is 0 Å². The molecule has 2 rings (SSSR count). The summed E-state index contributed by atoms with van der Waals surface area (Å²) in [6, 6.07) is 13.0. The zero-order valence-corrected chi connectivity index (χ0v) is 9.64. The molecule has 0 N–H and O–H groups in total. The molecule has 3 heteroatoms. The van der Waals surface area contributed by atoms with Gasteiger partial charge in [-0.1, -0.05) is 30.3 Å². The Labute approximate surface area is 94.5 Å². The maximum absolute atomic E-state index is 11.8. The van der Waals surface area contributed by atoms with Gasteiger partial charge in [0.05, 0.1) is 8.66 Å². The van der Waals surface area contributed by atoms with E-state index >= 15 is 0 Å². The van der Waals surface area contributed by atoms with Crippen LogP contribution in [-0.2, 0) is 0 Å². The monoisotopic (exact) mass is 266 g/mol. The highest BCUT2D eigenvalue weighted by molar-refractivity contribution is 9.11. The minimum Gasteiger partial charge on any atom is -0.288 e. The molecule has 1 aromatic carbocycles. The Morgan fingerprint density at radius 2 is 1.79 bits per heavy atom. The zero-order valence-electron chi connectivity index (χ0n) is 7.24. The lowest BCUT2D eigenvalue weighted by Gasteiger charge is -1.95. The third-order valence-electron chi connectivity index (χ3n) is 1.83. The molecule has 14 heavy (non-hydrogen) atoms. The van der Waals surface area contributed by atoms with Gasteiger partial charge in [-0.3, -0.25) is 4.79 Å². The molecule has 1 aromatic heterocycles. The van der Waals surface area contributed by atoms with Crippen LogP contribution in [-0.4, -0.2) is 5.78 Å². The first kappa shape index (κ1) is 9.62. The summed E-state index contributed by atoms with van der Waals surface area (Å²) in [6.07, 6.45) is 0. The third kappa shape index (κ3) is 1.94. The number of thiophene rings is 1. The average Bonchev–Trinajstić information content (AvgIpc) is 2.65. The van der Waals surface area contributed by atoms with E-state index in [1.54, 1.807) is 0 Å². The number of ketones is 1. The molecule has 1 nitrogen and oxygen atoms in total. The van der Waals surface area contributed by atoms with Crippen molar-refractivity contribution >= 4 is 33.0 Å². The van der Waals surface area contributed by atoms with Crippen LogP contribution < -0.4 is 0 Å². The van der Waals surface area contributed by atoms with Crippen molar-refractivity contribution in [3.8, 4) is 0 Å². The Kier molecular flexibility index (Phi) is 2.79. The first-order valence-electron chi connectivity index (χ1n) is 4.12. The highest BCUT2D eigenvalue weighted by Gasteiger charge is 2.09. The molecule has 0 aliphatic carbocycles. The molecule has 0 amide bonds. The van der Waals surface area contributed by atoms with E-state index in [-0.39, 0.29) is 5.78 Å². The van der Waals surface area contributed by atoms with E-state index in [9.17, 15) is 4.79 Å². The lowest BCUT2D eigenvalue weighted by Crippen LogP contribution is -1.96. The van der Waals surface area contributed by atoms with Crippen LogP contribution in [0.2, 0.25) is 0 Å². The minimum atomic E-state index is 0.0845. The van der Waals surface area contributed by atoms with Crippen molar-refractivity contribution in [2.24, 2.45) is 0 Å². The molecule has 0 atom stereocenters. The predicted octanol–water partition coefficient (Wildman–Crippen LogP) is 3.74. The van der Waals surface area contributed by atoms with Crippen LogP contribution in [0, 0.1) is 0 Å². The highest BCUT2D eigenvalue weighted by atomic mass is 79.9. The number of carbonyl (C=O) groups is 1. The molecule has 0 fully saturated rings. The number of hydrogen-bond acceptors (Lipinski definition) is 2. The van der Waals surface area contributed by atoms with E-state index in [2.05, 4.69) is 15.9 Å². The summed E-state index contributed by atoms with van der Waals surface area (Å²) in [5, 5.41) is 0. The summed E-state index contributed by atoms with van der Waals surface area (Å²) in [5.74, 6) is 0.0845. The van der Waals surface area contributed by atoms with Crippen molar-refractivity contribution in [3.63, 3.8) is 0 Å². The Morgan fingerprint density at radius 1 is 1.07 bits per heavy atom. The Morgan fingerprint density at radius 3 is 2.36 bits per heavy atom. The Balaban J connectivity index is 2.34. The fourth-order valence-corrected chi connectivity index (χ4v) is 2.52. The fourth-order valence-electron chi connectivity index (χ4n) is 1.17. The number of halogens is 1. The Hall–Kier alpha value is -0.930. The van der Waals surface area contributed by atoms with Gasteiger partial charge in [0.2, 0.25) is 5.78 Å². The lowest BCUT2D eigenvalue weighted by molar-refractivity contribution is 0.104. The summed E-state index contributed by atoms with van der Waals surface area (Å²) in [5.41, 5.74) is 0.738. The van der Waals surface area contributed by atoms with Crippen LogP contribution in [0.25, 0.3) is 0 Å². The van der Waals surface area contributed by atoms with Gasteiger partial charge in [0.1, 0.15) is 0 Å². The van der Waals surface area contributed by atoms with Crippen molar-refractivity contribution in [1.29, 1.82) is 0 Å². The van der Waals surface area contributed by atoms with Crippen LogP contribution >= 0.6 is 27.3 Å². The van der Waals surface area contributed by atoms with Crippen LogP contribution in [0.3, 0.4) is 0 Å². The molecule has 70 valence electrons. The maximum atomic E-state index is 11.8. The largest absolute Gasteiger partial charge is 0.288 e. The summed E-state index contributed by atoms with van der Waals surface area (Å²) in [6.45, 7) is 0. The lowest BCUT2D eigenvalue weighted by atomic mass is 10.1. The van der Waals surface area contributed by atoms with E-state index in [1.165, 1.54) is 11.3 Å². The van der Waals surface area contributed by atoms with E-state index in [1.807, 2.05) is 42.5 Å². The first-order valence-corrected chi connectivity index (χ1v) is 5.73. The molecular formula is C11H7BrOS. The van der Waals surface area contributed by atoms with Crippen molar-refractivity contribution in [3.05, 3.63) is 56.7 Å². The molecule has 0 unspecified atom stereocenters. The molecule has 0 saturated heterocycles. The topological polar surface area (TPSA) is 17.1 Å². The van der Waals surface area contributed by atoms with Gasteiger partial charge in [-0.15, -0.1) is 11.3 Å². The molecule has 0 radical (unpaired) electrons. The van der Waals surface area contributed by atoms with Gasteiger partial charge in [-0.05, 0) is 28.1 Å². The predicted molar refractivity (Wildman–Crippen MR) is 61.9 cm³/mol. The smallest absolute Gasteiger partial charge is 0.202 e. The molecule has 0 bridgehead atoms. The van der Waals surface area contributed by atoms with Crippen LogP contribution in [0.1, 0.15) is 15.2 Å². The van der Waals surface area contributed by atoms with Gasteiger partial charge in [-0.25, -0.2) is 0 Å². The first-order chi connectivity index (χ1) is 6.77. The molecular weight excluding hydrogens is 260 g/mol. The van der Waals surface area contributed by atoms with Crippen LogP contribution in [0.4, 0.5) is 0 Å². The summed E-state index contributed by atoms with van der Waals surface area (Å²) in [4.78, 5) is 12.6. The second-order valence-corrected chi connectivity index (χ2v) is 5.26. The molecule has 0 aliphatic heterocycles. The second kappa shape index (κ2) is 4.07. The van der Waals surface area contributed by atoms with Gasteiger partial charge in [0.25, 0.3) is 0 Å². The normalized spacial score (nSPS) is 10.1. The van der Waals surface area contributed by atoms with Crippen molar-refractivity contribution in [2.75, 3.05) is 0 Å². The van der Waals surface area contributed by atoms with Crippen molar-refractivity contribution in [2.45, 2.75) is 0 Å². The fraction of sp³-hybridized carbons (Fsp3) is 0. The minimum absolute atomic E-state index is 0.0845. The summed E-state index contributed by atoms with van der Waals surface area (Å²) < 4.78 is 0.983. The second-order valence-electron chi connectivity index (χ2n) is 2.80. The summed E-state index contributed by atoms with van der Waals surface area (Å²) >= 11 is 4.80. The molecule has 0 aliphatic rings. The van der Waals surface area contributed by atoms with E-state index in [0.29, 0.717) is 0 Å². The van der Waals surface area contributed by atoms with E-state index in [0.717, 1.165) is 14.2 Å². The summed E-state index contributed by atoms with van der Waals surface area (Å²) in [7, 11) is 0. The number of benzene rings is 1. The zero-order chi connectivity index (χ0) is 9.97. The van der Waals surface area contributed by atoms with Gasteiger partial charge in [0.15, 0.2) is 0 Å². The van der Waals surface area contributed by atoms with Gasteiger partial charge in [-0.2, -0.15) is 0 Å². The molecule has 0 spiro atoms. The third-order valence-corrected chi connectivity index (χ3v) is 3.46. The highest BCUT2D eigenvalue weighted by Crippen LogP contribution is 2.24. The average molecular weight is 267 g/mol. The van der Waals surface area contributed by atoms with E-state index < -0.39 is 0 Å². The van der Waals surface area contributed by atoms with Crippen molar-refractivity contribution < 1.29 is 4.79 Å². The molecule has 1 heterocycles. The van der Waals surface area contributed by atoms with Crippen LogP contribution in [0.15, 0.2) is 46.3 Å². The van der Waals surface area contributed by atoms with E-state index in [4.69, 9.17) is 0 Å². The van der Waals surface area contributed by atoms with Gasteiger partial charge < -0.3 is 0 Å². The van der Waals surface area contributed by atoms with Crippen molar-refractivity contribution in [1.82, 2.24) is 0 Å². The number of rotatable bonds is 2. The number of carbonyl (C=O) groups excluding carboxylic acids is 1. The van der Waals surface area contributed by atoms with Gasteiger partial charge in [0, 0.05) is 5.56 Å². The number of hydrogen-bond donors (Lipinski definition) is 0. The SMILES string of the molecule is O=C(c1ccccc1)c1ccc(Br)s1.